The van der Waals surface area contributed by atoms with Gasteiger partial charge in [0.1, 0.15) is 17.2 Å². The Morgan fingerprint density at radius 3 is 2.06 bits per heavy atom. The summed E-state index contributed by atoms with van der Waals surface area (Å²) in [5, 5.41) is 28.3. The van der Waals surface area contributed by atoms with Gasteiger partial charge < -0.3 is 15.3 Å². The first-order valence-corrected chi connectivity index (χ1v) is 5.38. The van der Waals surface area contributed by atoms with Crippen LogP contribution in [0.2, 0.25) is 0 Å². The summed E-state index contributed by atoms with van der Waals surface area (Å²) in [5.74, 6) is 0.284. The van der Waals surface area contributed by atoms with Gasteiger partial charge in [-0.25, -0.2) is 0 Å². The van der Waals surface area contributed by atoms with E-state index in [1.807, 2.05) is 0 Å². The molecule has 0 saturated heterocycles. The SMILES string of the molecule is Oc1ccc(-c2cc(O)ccc2O)c(Br)c1. The minimum absolute atomic E-state index is 0.0733. The zero-order valence-corrected chi connectivity index (χ0v) is 9.77. The highest BCUT2D eigenvalue weighted by Crippen LogP contribution is 2.37. The minimum atomic E-state index is 0.0733. The molecule has 0 aromatic heterocycles. The highest BCUT2D eigenvalue weighted by atomic mass is 79.9. The summed E-state index contributed by atoms with van der Waals surface area (Å²) in [7, 11) is 0. The molecule has 2 rings (SSSR count). The van der Waals surface area contributed by atoms with Crippen molar-refractivity contribution in [2.75, 3.05) is 0 Å². The molecule has 16 heavy (non-hydrogen) atoms. The van der Waals surface area contributed by atoms with Gasteiger partial charge in [0.05, 0.1) is 0 Å². The van der Waals surface area contributed by atoms with Crippen LogP contribution in [-0.4, -0.2) is 15.3 Å². The van der Waals surface area contributed by atoms with E-state index < -0.39 is 0 Å². The molecule has 0 radical (unpaired) electrons. The van der Waals surface area contributed by atoms with Crippen molar-refractivity contribution >= 4 is 15.9 Å². The van der Waals surface area contributed by atoms with Crippen LogP contribution in [0.25, 0.3) is 11.1 Å². The Balaban J connectivity index is 2.62. The molecule has 0 saturated carbocycles. The molecule has 2 aromatic carbocycles. The summed E-state index contributed by atoms with van der Waals surface area (Å²) in [4.78, 5) is 0. The fraction of sp³-hybridized carbons (Fsp3) is 0. The molecule has 82 valence electrons. The lowest BCUT2D eigenvalue weighted by Crippen LogP contribution is -1.81. The molecule has 0 aliphatic heterocycles. The Hall–Kier alpha value is -1.68. The molecule has 0 bridgehead atoms. The van der Waals surface area contributed by atoms with Crippen molar-refractivity contribution in [1.82, 2.24) is 0 Å². The van der Waals surface area contributed by atoms with Crippen LogP contribution in [0.3, 0.4) is 0 Å². The quantitative estimate of drug-likeness (QED) is 0.703. The van der Waals surface area contributed by atoms with E-state index in [-0.39, 0.29) is 17.2 Å². The Bertz CT molecular complexity index is 538. The van der Waals surface area contributed by atoms with E-state index >= 15 is 0 Å². The van der Waals surface area contributed by atoms with Crippen molar-refractivity contribution in [3.05, 3.63) is 40.9 Å². The molecule has 0 atom stereocenters. The van der Waals surface area contributed by atoms with E-state index in [1.54, 1.807) is 6.07 Å². The van der Waals surface area contributed by atoms with Gasteiger partial charge in [0.2, 0.25) is 0 Å². The number of halogens is 1. The molecule has 0 aliphatic carbocycles. The second kappa shape index (κ2) is 4.06. The van der Waals surface area contributed by atoms with Gasteiger partial charge >= 0.3 is 0 Å². The highest BCUT2D eigenvalue weighted by Gasteiger charge is 2.09. The highest BCUT2D eigenvalue weighted by molar-refractivity contribution is 9.10. The first kappa shape index (κ1) is 10.8. The third kappa shape index (κ3) is 1.97. The standard InChI is InChI=1S/C12H9BrO3/c13-11-6-8(15)1-3-9(11)10-5-7(14)2-4-12(10)16/h1-6,14-16H. The number of hydrogen-bond acceptors (Lipinski definition) is 3. The number of aromatic hydroxyl groups is 3. The molecule has 0 amide bonds. The normalized spacial score (nSPS) is 10.3. The molecule has 0 heterocycles. The van der Waals surface area contributed by atoms with Gasteiger partial charge in [0.25, 0.3) is 0 Å². The monoisotopic (exact) mass is 280 g/mol. The summed E-state index contributed by atoms with van der Waals surface area (Å²) in [6.07, 6.45) is 0. The lowest BCUT2D eigenvalue weighted by atomic mass is 10.0. The second-order valence-electron chi connectivity index (χ2n) is 3.37. The molecular weight excluding hydrogens is 272 g/mol. The largest absolute Gasteiger partial charge is 0.508 e. The smallest absolute Gasteiger partial charge is 0.123 e. The van der Waals surface area contributed by atoms with E-state index in [2.05, 4.69) is 15.9 Å². The van der Waals surface area contributed by atoms with E-state index in [4.69, 9.17) is 0 Å². The number of hydrogen-bond donors (Lipinski definition) is 3. The van der Waals surface area contributed by atoms with Gasteiger partial charge in [-0.05, 0) is 42.0 Å². The fourth-order valence-electron chi connectivity index (χ4n) is 1.46. The van der Waals surface area contributed by atoms with Crippen LogP contribution in [0.5, 0.6) is 17.2 Å². The van der Waals surface area contributed by atoms with Crippen LogP contribution in [0.4, 0.5) is 0 Å². The van der Waals surface area contributed by atoms with Crippen molar-refractivity contribution in [2.45, 2.75) is 0 Å². The molecule has 0 aliphatic rings. The number of phenols is 3. The fourth-order valence-corrected chi connectivity index (χ4v) is 2.04. The van der Waals surface area contributed by atoms with Gasteiger partial charge in [0.15, 0.2) is 0 Å². The lowest BCUT2D eigenvalue weighted by Gasteiger charge is -2.08. The first-order chi connectivity index (χ1) is 7.58. The number of rotatable bonds is 1. The summed E-state index contributed by atoms with van der Waals surface area (Å²) in [6.45, 7) is 0. The van der Waals surface area contributed by atoms with Crippen LogP contribution >= 0.6 is 15.9 Å². The summed E-state index contributed by atoms with van der Waals surface area (Å²) in [6, 6.07) is 9.00. The molecular formula is C12H9BrO3. The zero-order valence-electron chi connectivity index (χ0n) is 8.18. The Morgan fingerprint density at radius 2 is 1.38 bits per heavy atom. The Morgan fingerprint density at radius 1 is 0.750 bits per heavy atom. The van der Waals surface area contributed by atoms with Crippen LogP contribution < -0.4 is 0 Å². The molecule has 0 unspecified atom stereocenters. The van der Waals surface area contributed by atoms with Crippen molar-refractivity contribution in [2.24, 2.45) is 0 Å². The molecule has 0 fully saturated rings. The van der Waals surface area contributed by atoms with Crippen LogP contribution in [-0.2, 0) is 0 Å². The maximum atomic E-state index is 9.69. The van der Waals surface area contributed by atoms with E-state index in [0.717, 1.165) is 0 Å². The first-order valence-electron chi connectivity index (χ1n) is 4.59. The predicted octanol–water partition coefficient (Wildman–Crippen LogP) is 3.23. The van der Waals surface area contributed by atoms with Gasteiger partial charge in [-0.1, -0.05) is 15.9 Å². The minimum Gasteiger partial charge on any atom is -0.508 e. The van der Waals surface area contributed by atoms with E-state index in [0.29, 0.717) is 15.6 Å². The van der Waals surface area contributed by atoms with Gasteiger partial charge in [-0.3, -0.25) is 0 Å². The van der Waals surface area contributed by atoms with E-state index in [1.165, 1.54) is 30.3 Å². The van der Waals surface area contributed by atoms with Crippen LogP contribution in [0, 0.1) is 0 Å². The third-order valence-corrected chi connectivity index (χ3v) is 2.88. The predicted molar refractivity (Wildman–Crippen MR) is 64.6 cm³/mol. The Kier molecular flexibility index (Phi) is 2.75. The average molecular weight is 281 g/mol. The lowest BCUT2D eigenvalue weighted by molar-refractivity contribution is 0.461. The zero-order chi connectivity index (χ0) is 11.7. The average Bonchev–Trinajstić information content (AvgIpc) is 2.22. The van der Waals surface area contributed by atoms with Crippen LogP contribution in [0.1, 0.15) is 0 Å². The summed E-state index contributed by atoms with van der Waals surface area (Å²) < 4.78 is 0.647. The van der Waals surface area contributed by atoms with Gasteiger partial charge in [-0.2, -0.15) is 0 Å². The van der Waals surface area contributed by atoms with Gasteiger partial charge in [-0.15, -0.1) is 0 Å². The van der Waals surface area contributed by atoms with Crippen molar-refractivity contribution < 1.29 is 15.3 Å². The van der Waals surface area contributed by atoms with E-state index in [9.17, 15) is 15.3 Å². The molecule has 3 nitrogen and oxygen atoms in total. The van der Waals surface area contributed by atoms with Crippen molar-refractivity contribution in [3.63, 3.8) is 0 Å². The number of benzene rings is 2. The maximum absolute atomic E-state index is 9.69. The molecule has 0 spiro atoms. The van der Waals surface area contributed by atoms with Crippen molar-refractivity contribution in [1.29, 1.82) is 0 Å². The van der Waals surface area contributed by atoms with Gasteiger partial charge in [0, 0.05) is 10.0 Å². The summed E-state index contributed by atoms with van der Waals surface area (Å²) >= 11 is 3.29. The second-order valence-corrected chi connectivity index (χ2v) is 4.22. The topological polar surface area (TPSA) is 60.7 Å². The Labute approximate surface area is 101 Å². The van der Waals surface area contributed by atoms with Crippen molar-refractivity contribution in [3.8, 4) is 28.4 Å². The number of phenolic OH excluding ortho intramolecular Hbond substituents is 3. The molecule has 3 N–H and O–H groups in total. The molecule has 4 heteroatoms. The third-order valence-electron chi connectivity index (χ3n) is 2.22. The molecule has 2 aromatic rings. The van der Waals surface area contributed by atoms with Crippen LogP contribution in [0.15, 0.2) is 40.9 Å². The summed E-state index contributed by atoms with van der Waals surface area (Å²) in [5.41, 5.74) is 1.21. The maximum Gasteiger partial charge on any atom is 0.123 e.